The van der Waals surface area contributed by atoms with Gasteiger partial charge in [-0.25, -0.2) is 0 Å². The molecule has 1 aliphatic heterocycles. The molecule has 0 amide bonds. The van der Waals surface area contributed by atoms with Crippen molar-refractivity contribution in [2.75, 3.05) is 53.0 Å². The Hall–Kier alpha value is -0.650. The molecular formula is C11H22N2O3. The third-order valence-corrected chi connectivity index (χ3v) is 2.67. The molecule has 1 N–H and O–H groups in total. The molecule has 0 aromatic carbocycles. The van der Waals surface area contributed by atoms with Crippen molar-refractivity contribution in [1.29, 1.82) is 0 Å². The average molecular weight is 230 g/mol. The molecule has 0 saturated carbocycles. The summed E-state index contributed by atoms with van der Waals surface area (Å²) in [5.74, 6) is -0.152. The van der Waals surface area contributed by atoms with Gasteiger partial charge in [0.15, 0.2) is 0 Å². The number of carbonyl (C=O) groups excluding carboxylic acids is 1. The number of morpholine rings is 1. The van der Waals surface area contributed by atoms with Crippen molar-refractivity contribution in [2.24, 2.45) is 0 Å². The lowest BCUT2D eigenvalue weighted by Crippen LogP contribution is -2.37. The fourth-order valence-corrected chi connectivity index (χ4v) is 1.67. The van der Waals surface area contributed by atoms with Gasteiger partial charge in [-0.1, -0.05) is 0 Å². The van der Waals surface area contributed by atoms with Crippen LogP contribution in [0.15, 0.2) is 0 Å². The molecule has 94 valence electrons. The highest BCUT2D eigenvalue weighted by atomic mass is 16.5. The van der Waals surface area contributed by atoms with E-state index >= 15 is 0 Å². The Balaban J connectivity index is 1.85. The fourth-order valence-electron chi connectivity index (χ4n) is 1.67. The number of hydrogen-bond donors (Lipinski definition) is 1. The largest absolute Gasteiger partial charge is 0.469 e. The van der Waals surface area contributed by atoms with Crippen LogP contribution in [0, 0.1) is 0 Å². The summed E-state index contributed by atoms with van der Waals surface area (Å²) in [5, 5.41) is 3.23. The topological polar surface area (TPSA) is 50.8 Å². The van der Waals surface area contributed by atoms with Crippen molar-refractivity contribution in [1.82, 2.24) is 10.2 Å². The van der Waals surface area contributed by atoms with Crippen LogP contribution in [0.2, 0.25) is 0 Å². The zero-order valence-corrected chi connectivity index (χ0v) is 10.0. The maximum atomic E-state index is 10.8. The predicted octanol–water partition coefficient (Wildman–Crippen LogP) is -0.139. The Morgan fingerprint density at radius 2 is 2.12 bits per heavy atom. The van der Waals surface area contributed by atoms with Crippen LogP contribution < -0.4 is 5.32 Å². The van der Waals surface area contributed by atoms with Crippen LogP contribution in [0.5, 0.6) is 0 Å². The summed E-state index contributed by atoms with van der Waals surface area (Å²) in [5.41, 5.74) is 0. The van der Waals surface area contributed by atoms with E-state index in [2.05, 4.69) is 15.0 Å². The minimum atomic E-state index is -0.152. The summed E-state index contributed by atoms with van der Waals surface area (Å²) >= 11 is 0. The van der Waals surface area contributed by atoms with Gasteiger partial charge in [-0.15, -0.1) is 0 Å². The Bertz CT molecular complexity index is 194. The number of esters is 1. The molecule has 0 aromatic rings. The first-order valence-corrected chi connectivity index (χ1v) is 5.90. The zero-order chi connectivity index (χ0) is 11.6. The van der Waals surface area contributed by atoms with Gasteiger partial charge in [0.25, 0.3) is 0 Å². The van der Waals surface area contributed by atoms with Crippen LogP contribution >= 0.6 is 0 Å². The van der Waals surface area contributed by atoms with E-state index in [9.17, 15) is 4.79 Å². The second kappa shape index (κ2) is 8.50. The summed E-state index contributed by atoms with van der Waals surface area (Å²) in [6.07, 6.45) is 1.56. The van der Waals surface area contributed by atoms with E-state index in [1.807, 2.05) is 0 Å². The monoisotopic (exact) mass is 230 g/mol. The molecule has 1 heterocycles. The number of ether oxygens (including phenoxy) is 2. The molecular weight excluding hydrogens is 208 g/mol. The third-order valence-electron chi connectivity index (χ3n) is 2.67. The molecule has 5 heteroatoms. The summed E-state index contributed by atoms with van der Waals surface area (Å²) < 4.78 is 9.83. The Labute approximate surface area is 97.1 Å². The number of methoxy groups -OCH3 is 1. The summed E-state index contributed by atoms with van der Waals surface area (Å²) in [4.78, 5) is 13.2. The number of carbonyl (C=O) groups is 1. The van der Waals surface area contributed by atoms with Crippen molar-refractivity contribution in [3.8, 4) is 0 Å². The highest BCUT2D eigenvalue weighted by Crippen LogP contribution is 1.97. The van der Waals surface area contributed by atoms with E-state index in [-0.39, 0.29) is 5.97 Å². The minimum absolute atomic E-state index is 0.152. The minimum Gasteiger partial charge on any atom is -0.469 e. The number of hydrogen-bond acceptors (Lipinski definition) is 5. The van der Waals surface area contributed by atoms with E-state index in [0.717, 1.165) is 45.8 Å². The second-order valence-corrected chi connectivity index (χ2v) is 3.88. The van der Waals surface area contributed by atoms with E-state index in [1.54, 1.807) is 0 Å². The SMILES string of the molecule is COC(=O)CCNCCCN1CCOCC1. The molecule has 16 heavy (non-hydrogen) atoms. The van der Waals surface area contributed by atoms with Gasteiger partial charge in [-0.2, -0.15) is 0 Å². The first-order chi connectivity index (χ1) is 7.83. The first-order valence-electron chi connectivity index (χ1n) is 5.90. The molecule has 1 rings (SSSR count). The van der Waals surface area contributed by atoms with Gasteiger partial charge in [0.2, 0.25) is 0 Å². The van der Waals surface area contributed by atoms with E-state index in [0.29, 0.717) is 13.0 Å². The van der Waals surface area contributed by atoms with Crippen LogP contribution in [0.3, 0.4) is 0 Å². The van der Waals surface area contributed by atoms with Crippen molar-refractivity contribution in [2.45, 2.75) is 12.8 Å². The molecule has 0 unspecified atom stereocenters. The molecule has 5 nitrogen and oxygen atoms in total. The summed E-state index contributed by atoms with van der Waals surface area (Å²) in [6.45, 7) is 6.56. The molecule has 1 aliphatic rings. The zero-order valence-electron chi connectivity index (χ0n) is 10.0. The quantitative estimate of drug-likeness (QED) is 0.487. The van der Waals surface area contributed by atoms with Gasteiger partial charge in [0.05, 0.1) is 26.7 Å². The normalized spacial score (nSPS) is 17.3. The lowest BCUT2D eigenvalue weighted by atomic mass is 10.3. The van der Waals surface area contributed by atoms with Gasteiger partial charge in [-0.3, -0.25) is 9.69 Å². The maximum absolute atomic E-state index is 10.8. The average Bonchev–Trinajstić information content (AvgIpc) is 2.34. The highest BCUT2D eigenvalue weighted by Gasteiger charge is 2.08. The first kappa shape index (κ1) is 13.4. The lowest BCUT2D eigenvalue weighted by Gasteiger charge is -2.26. The lowest BCUT2D eigenvalue weighted by molar-refractivity contribution is -0.140. The van der Waals surface area contributed by atoms with Crippen molar-refractivity contribution < 1.29 is 14.3 Å². The third kappa shape index (κ3) is 6.05. The van der Waals surface area contributed by atoms with Gasteiger partial charge >= 0.3 is 5.97 Å². The van der Waals surface area contributed by atoms with Gasteiger partial charge < -0.3 is 14.8 Å². The highest BCUT2D eigenvalue weighted by molar-refractivity contribution is 5.69. The molecule has 1 saturated heterocycles. The fraction of sp³-hybridized carbons (Fsp3) is 0.909. The smallest absolute Gasteiger partial charge is 0.306 e. The van der Waals surface area contributed by atoms with E-state index in [1.165, 1.54) is 7.11 Å². The van der Waals surface area contributed by atoms with Crippen LogP contribution in [0.4, 0.5) is 0 Å². The van der Waals surface area contributed by atoms with Gasteiger partial charge in [-0.05, 0) is 19.5 Å². The molecule has 0 atom stereocenters. The van der Waals surface area contributed by atoms with Gasteiger partial charge in [0.1, 0.15) is 0 Å². The van der Waals surface area contributed by atoms with Crippen molar-refractivity contribution in [3.63, 3.8) is 0 Å². The summed E-state index contributed by atoms with van der Waals surface area (Å²) in [6, 6.07) is 0. The number of nitrogens with zero attached hydrogens (tertiary/aromatic N) is 1. The second-order valence-electron chi connectivity index (χ2n) is 3.88. The Kier molecular flexibility index (Phi) is 7.12. The van der Waals surface area contributed by atoms with Crippen LogP contribution in [-0.2, 0) is 14.3 Å². The van der Waals surface area contributed by atoms with E-state index in [4.69, 9.17) is 4.74 Å². The Morgan fingerprint density at radius 1 is 1.38 bits per heavy atom. The van der Waals surface area contributed by atoms with Crippen LogP contribution in [-0.4, -0.2) is 63.9 Å². The molecule has 1 fully saturated rings. The molecule has 0 aliphatic carbocycles. The predicted molar refractivity (Wildman–Crippen MR) is 61.4 cm³/mol. The number of rotatable bonds is 7. The number of nitrogens with one attached hydrogen (secondary N) is 1. The standard InChI is InChI=1S/C11H22N2O3/c1-15-11(14)3-5-12-4-2-6-13-7-9-16-10-8-13/h12H,2-10H2,1H3. The molecule has 0 bridgehead atoms. The molecule has 0 radical (unpaired) electrons. The molecule has 0 spiro atoms. The van der Waals surface area contributed by atoms with Gasteiger partial charge in [0, 0.05) is 19.6 Å². The maximum Gasteiger partial charge on any atom is 0.306 e. The van der Waals surface area contributed by atoms with Crippen LogP contribution in [0.25, 0.3) is 0 Å². The van der Waals surface area contributed by atoms with E-state index < -0.39 is 0 Å². The summed E-state index contributed by atoms with van der Waals surface area (Å²) in [7, 11) is 1.42. The Morgan fingerprint density at radius 3 is 2.81 bits per heavy atom. The van der Waals surface area contributed by atoms with Crippen molar-refractivity contribution in [3.05, 3.63) is 0 Å². The van der Waals surface area contributed by atoms with Crippen molar-refractivity contribution >= 4 is 5.97 Å². The molecule has 0 aromatic heterocycles. The van der Waals surface area contributed by atoms with Crippen LogP contribution in [0.1, 0.15) is 12.8 Å².